The molecular weight excluding hydrogens is 253 g/mol. The van der Waals surface area contributed by atoms with E-state index in [4.69, 9.17) is 32.7 Å². The summed E-state index contributed by atoms with van der Waals surface area (Å²) in [6.07, 6.45) is 0. The average molecular weight is 260 g/mol. The Morgan fingerprint density at radius 2 is 1.81 bits per heavy atom. The lowest BCUT2D eigenvalue weighted by molar-refractivity contribution is -0.178. The minimum Gasteiger partial charge on any atom is -0.336 e. The van der Waals surface area contributed by atoms with Gasteiger partial charge in [0, 0.05) is 0 Å². The molecule has 0 radical (unpaired) electrons. The molecule has 0 aliphatic carbocycles. The first-order chi connectivity index (χ1) is 7.65. The summed E-state index contributed by atoms with van der Waals surface area (Å²) in [5, 5.41) is 3.46. The Balaban J connectivity index is 2.27. The molecule has 2 aliphatic heterocycles. The van der Waals surface area contributed by atoms with Gasteiger partial charge < -0.3 is 14.8 Å². The third kappa shape index (κ3) is 1.16. The molecule has 1 spiro atoms. The van der Waals surface area contributed by atoms with Gasteiger partial charge in [-0.05, 0) is 12.1 Å². The summed E-state index contributed by atoms with van der Waals surface area (Å²) in [5.41, 5.74) is 0.949. The first kappa shape index (κ1) is 10.4. The van der Waals surface area contributed by atoms with Crippen LogP contribution in [0.25, 0.3) is 0 Å². The number of ether oxygens (including phenoxy) is 2. The van der Waals surface area contributed by atoms with E-state index in [2.05, 4.69) is 5.32 Å². The Labute approximate surface area is 101 Å². The molecule has 84 valence electrons. The van der Waals surface area contributed by atoms with E-state index in [-0.39, 0.29) is 5.91 Å². The van der Waals surface area contributed by atoms with Gasteiger partial charge in [0.2, 0.25) is 0 Å². The Bertz CT molecular complexity index is 483. The van der Waals surface area contributed by atoms with Crippen molar-refractivity contribution < 1.29 is 14.3 Å². The normalized spacial score (nSPS) is 21.2. The topological polar surface area (TPSA) is 47.6 Å². The fourth-order valence-corrected chi connectivity index (χ4v) is 2.48. The highest BCUT2D eigenvalue weighted by atomic mass is 35.5. The number of anilines is 1. The van der Waals surface area contributed by atoms with Crippen molar-refractivity contribution in [2.45, 2.75) is 5.79 Å². The van der Waals surface area contributed by atoms with E-state index < -0.39 is 5.79 Å². The van der Waals surface area contributed by atoms with Crippen LogP contribution in [0.1, 0.15) is 5.56 Å². The predicted octanol–water partition coefficient (Wildman–Crippen LogP) is 2.15. The third-order valence-corrected chi connectivity index (χ3v) is 3.29. The van der Waals surface area contributed by atoms with Gasteiger partial charge in [0.15, 0.2) is 0 Å². The fourth-order valence-electron chi connectivity index (χ4n) is 1.99. The lowest BCUT2D eigenvalue weighted by Gasteiger charge is -2.20. The van der Waals surface area contributed by atoms with E-state index in [1.54, 1.807) is 12.1 Å². The summed E-state index contributed by atoms with van der Waals surface area (Å²) < 4.78 is 10.8. The molecule has 1 aromatic rings. The number of amides is 1. The van der Waals surface area contributed by atoms with Crippen molar-refractivity contribution in [2.24, 2.45) is 0 Å². The Kier molecular flexibility index (Phi) is 2.16. The van der Waals surface area contributed by atoms with Crippen molar-refractivity contribution in [2.75, 3.05) is 18.5 Å². The van der Waals surface area contributed by atoms with Crippen molar-refractivity contribution >= 4 is 34.8 Å². The van der Waals surface area contributed by atoms with Gasteiger partial charge in [0.05, 0.1) is 34.5 Å². The maximum atomic E-state index is 11.9. The van der Waals surface area contributed by atoms with Crippen LogP contribution in [0.4, 0.5) is 5.69 Å². The van der Waals surface area contributed by atoms with Gasteiger partial charge >= 0.3 is 0 Å². The first-order valence-electron chi connectivity index (χ1n) is 4.73. The van der Waals surface area contributed by atoms with Crippen LogP contribution >= 0.6 is 23.2 Å². The number of nitrogens with one attached hydrogen (secondary N) is 1. The molecule has 3 rings (SSSR count). The summed E-state index contributed by atoms with van der Waals surface area (Å²) in [4.78, 5) is 11.9. The van der Waals surface area contributed by atoms with Crippen LogP contribution < -0.4 is 5.32 Å². The summed E-state index contributed by atoms with van der Waals surface area (Å²) in [6.45, 7) is 0.714. The van der Waals surface area contributed by atoms with Crippen molar-refractivity contribution in [1.82, 2.24) is 0 Å². The maximum absolute atomic E-state index is 11.9. The lowest BCUT2D eigenvalue weighted by atomic mass is 10.1. The number of fused-ring (bicyclic) bond motifs is 2. The van der Waals surface area contributed by atoms with Crippen LogP contribution in [0.2, 0.25) is 10.0 Å². The highest BCUT2D eigenvalue weighted by molar-refractivity contribution is 6.38. The van der Waals surface area contributed by atoms with Crippen LogP contribution in [-0.4, -0.2) is 19.1 Å². The molecule has 0 atom stereocenters. The number of benzene rings is 1. The smallest absolute Gasteiger partial charge is 0.290 e. The van der Waals surface area contributed by atoms with Gasteiger partial charge in [-0.1, -0.05) is 23.2 Å². The molecule has 2 aliphatic rings. The second-order valence-electron chi connectivity index (χ2n) is 3.55. The Hall–Kier alpha value is -0.810. The van der Waals surface area contributed by atoms with Crippen LogP contribution in [-0.2, 0) is 20.1 Å². The van der Waals surface area contributed by atoms with Crippen LogP contribution in [0.3, 0.4) is 0 Å². The largest absolute Gasteiger partial charge is 0.336 e. The highest BCUT2D eigenvalue weighted by Gasteiger charge is 2.54. The standard InChI is InChI=1S/C10H7Cl2NO3/c11-5-1-2-6(12)8-7(5)10(9(14)13-8)15-3-4-16-10/h1-2H,3-4H2,(H,13,14). The molecule has 4 nitrogen and oxygen atoms in total. The fraction of sp³-hybridized carbons (Fsp3) is 0.300. The molecule has 16 heavy (non-hydrogen) atoms. The minimum absolute atomic E-state index is 0.357. The Morgan fingerprint density at radius 3 is 2.50 bits per heavy atom. The first-order valence-corrected chi connectivity index (χ1v) is 5.48. The van der Waals surface area contributed by atoms with Crippen molar-refractivity contribution in [3.05, 3.63) is 27.7 Å². The second kappa shape index (κ2) is 3.34. The van der Waals surface area contributed by atoms with E-state index in [9.17, 15) is 4.79 Å². The van der Waals surface area contributed by atoms with Crippen molar-refractivity contribution in [3.63, 3.8) is 0 Å². The molecule has 1 fully saturated rings. The van der Waals surface area contributed by atoms with E-state index in [0.717, 1.165) is 0 Å². The monoisotopic (exact) mass is 259 g/mol. The molecule has 0 saturated carbocycles. The zero-order chi connectivity index (χ0) is 11.3. The van der Waals surface area contributed by atoms with Crippen molar-refractivity contribution in [1.29, 1.82) is 0 Å². The van der Waals surface area contributed by atoms with E-state index >= 15 is 0 Å². The number of carbonyl (C=O) groups is 1. The molecule has 0 unspecified atom stereocenters. The van der Waals surface area contributed by atoms with Crippen LogP contribution in [0.15, 0.2) is 12.1 Å². The van der Waals surface area contributed by atoms with E-state index in [1.807, 2.05) is 0 Å². The maximum Gasteiger partial charge on any atom is 0.290 e. The molecule has 0 aromatic heterocycles. The van der Waals surface area contributed by atoms with Crippen molar-refractivity contribution in [3.8, 4) is 0 Å². The van der Waals surface area contributed by atoms with Gasteiger partial charge in [-0.15, -0.1) is 0 Å². The molecule has 1 N–H and O–H groups in total. The van der Waals surface area contributed by atoms with Gasteiger partial charge in [-0.3, -0.25) is 4.79 Å². The minimum atomic E-state index is -1.41. The Morgan fingerprint density at radius 1 is 1.19 bits per heavy atom. The molecule has 6 heteroatoms. The third-order valence-electron chi connectivity index (χ3n) is 2.66. The zero-order valence-corrected chi connectivity index (χ0v) is 9.56. The molecule has 1 aromatic carbocycles. The molecule has 1 saturated heterocycles. The van der Waals surface area contributed by atoms with Gasteiger partial charge in [-0.25, -0.2) is 0 Å². The molecule has 1 amide bonds. The zero-order valence-electron chi connectivity index (χ0n) is 8.05. The van der Waals surface area contributed by atoms with Gasteiger partial charge in [-0.2, -0.15) is 0 Å². The van der Waals surface area contributed by atoms with E-state index in [1.165, 1.54) is 0 Å². The predicted molar refractivity (Wildman–Crippen MR) is 58.7 cm³/mol. The van der Waals surface area contributed by atoms with E-state index in [0.29, 0.717) is 34.5 Å². The summed E-state index contributed by atoms with van der Waals surface area (Å²) in [5.74, 6) is -1.79. The molecule has 2 heterocycles. The number of hydrogen-bond donors (Lipinski definition) is 1. The second-order valence-corrected chi connectivity index (χ2v) is 4.36. The van der Waals surface area contributed by atoms with Gasteiger partial charge in [0.25, 0.3) is 11.7 Å². The number of carbonyl (C=O) groups excluding carboxylic acids is 1. The van der Waals surface area contributed by atoms with Crippen LogP contribution in [0.5, 0.6) is 0 Å². The van der Waals surface area contributed by atoms with Gasteiger partial charge in [0.1, 0.15) is 0 Å². The SMILES string of the molecule is O=C1Nc2c(Cl)ccc(Cl)c2C12OCCO2. The summed E-state index contributed by atoms with van der Waals surface area (Å²) in [6, 6.07) is 3.24. The number of hydrogen-bond acceptors (Lipinski definition) is 3. The quantitative estimate of drug-likeness (QED) is 0.777. The number of halogens is 2. The average Bonchev–Trinajstić information content (AvgIpc) is 2.83. The summed E-state index contributed by atoms with van der Waals surface area (Å²) in [7, 11) is 0. The number of rotatable bonds is 0. The molecular formula is C10H7Cl2NO3. The molecule has 0 bridgehead atoms. The highest BCUT2D eigenvalue weighted by Crippen LogP contribution is 2.48. The summed E-state index contributed by atoms with van der Waals surface area (Å²) >= 11 is 12.0. The van der Waals surface area contributed by atoms with Crippen LogP contribution in [0, 0.1) is 0 Å². The lowest BCUT2D eigenvalue weighted by Crippen LogP contribution is -2.35.